The number of likely N-dealkylation sites (tertiary alicyclic amines) is 2. The van der Waals surface area contributed by atoms with Crippen molar-refractivity contribution in [2.24, 2.45) is 23.7 Å². The van der Waals surface area contributed by atoms with Crippen LogP contribution in [0.3, 0.4) is 0 Å². The first-order valence-corrected chi connectivity index (χ1v) is 26.7. The van der Waals surface area contributed by atoms with E-state index in [-0.39, 0.29) is 83.3 Å². The maximum Gasteiger partial charge on any atom is 0.409 e. The number of thioether (sulfide) groups is 2. The zero-order valence-corrected chi connectivity index (χ0v) is 42.7. The third-order valence-corrected chi connectivity index (χ3v) is 15.9. The Morgan fingerprint density at radius 1 is 0.597 bits per heavy atom. The van der Waals surface area contributed by atoms with Crippen LogP contribution in [0.1, 0.15) is 117 Å². The number of carbonyl (C=O) groups is 8. The number of rotatable bonds is 19. The van der Waals surface area contributed by atoms with Crippen molar-refractivity contribution in [3.05, 3.63) is 46.1 Å². The molecule has 72 heavy (non-hydrogen) atoms. The van der Waals surface area contributed by atoms with Crippen LogP contribution in [0.2, 0.25) is 0 Å². The fourth-order valence-corrected chi connectivity index (χ4v) is 11.5. The monoisotopic (exact) mass is 1040 g/mol. The Morgan fingerprint density at radius 2 is 1.01 bits per heavy atom. The maximum atomic E-state index is 13.7. The number of unbranched alkanes of at least 4 members (excludes halogenated alkanes) is 2. The highest BCUT2D eigenvalue weighted by molar-refractivity contribution is 8.24. The van der Waals surface area contributed by atoms with E-state index in [1.165, 1.54) is 12.1 Å². The molecule has 6 rings (SSSR count). The summed E-state index contributed by atoms with van der Waals surface area (Å²) in [5.41, 5.74) is -0.254. The van der Waals surface area contributed by atoms with Crippen LogP contribution in [0.15, 0.2) is 44.5 Å². The predicted octanol–water partition coefficient (Wildman–Crippen LogP) is 8.56. The largest absolute Gasteiger partial charge is 0.471 e. The molecule has 21 heteroatoms. The van der Waals surface area contributed by atoms with Gasteiger partial charge >= 0.3 is 48.0 Å². The summed E-state index contributed by atoms with van der Waals surface area (Å²) in [5.74, 6) is -4.24. The first kappa shape index (κ1) is 55.6. The topological polar surface area (TPSA) is 221 Å². The lowest BCUT2D eigenvalue weighted by atomic mass is 9.87. The van der Waals surface area contributed by atoms with Gasteiger partial charge in [-0.05, 0) is 115 Å². The number of nitrogens with zero attached hydrogens (tertiary/aromatic N) is 3. The molecule has 0 radical (unpaired) electrons. The lowest BCUT2D eigenvalue weighted by molar-refractivity contribution is -0.159. The van der Waals surface area contributed by atoms with Crippen LogP contribution in [-0.2, 0) is 57.2 Å². The highest BCUT2D eigenvalue weighted by Crippen LogP contribution is 2.59. The molecule has 1 aromatic carbocycles. The van der Waals surface area contributed by atoms with E-state index in [0.29, 0.717) is 132 Å². The van der Waals surface area contributed by atoms with E-state index in [1.807, 2.05) is 6.92 Å². The molecule has 2 saturated carbocycles. The molecule has 0 unspecified atom stereocenters. The van der Waals surface area contributed by atoms with Gasteiger partial charge < -0.3 is 47.7 Å². The molecule has 0 atom stereocenters. The molecule has 1 aromatic rings. The molecule has 3 aliphatic heterocycles. The molecule has 0 bridgehead atoms. The Hall–Kier alpha value is -5.75. The summed E-state index contributed by atoms with van der Waals surface area (Å²) in [6.45, 7) is 17.1. The molecule has 3 heterocycles. The van der Waals surface area contributed by atoms with Gasteiger partial charge in [0, 0.05) is 32.3 Å². The van der Waals surface area contributed by atoms with Gasteiger partial charge in [-0.15, -0.1) is 0 Å². The van der Waals surface area contributed by atoms with Crippen molar-refractivity contribution in [3.8, 4) is 11.5 Å². The lowest BCUT2D eigenvalue weighted by Gasteiger charge is -2.32. The molecule has 2 saturated heterocycles. The smallest absolute Gasteiger partial charge is 0.409 e. The van der Waals surface area contributed by atoms with Gasteiger partial charge in [0.1, 0.15) is 23.7 Å². The minimum atomic E-state index is -0.809. The number of hydrogen-bond acceptors (Lipinski definition) is 18. The van der Waals surface area contributed by atoms with E-state index >= 15 is 0 Å². The predicted molar refractivity (Wildman–Crippen MR) is 260 cm³/mol. The van der Waals surface area contributed by atoms with Crippen LogP contribution >= 0.6 is 23.5 Å². The number of carbonyl (C=O) groups excluding carboxylic acids is 8. The summed E-state index contributed by atoms with van der Waals surface area (Å²) in [5, 5.41) is 0. The second-order valence-corrected chi connectivity index (χ2v) is 20.5. The molecule has 4 fully saturated rings. The van der Waals surface area contributed by atoms with Crippen LogP contribution in [0.4, 0.5) is 9.59 Å². The summed E-state index contributed by atoms with van der Waals surface area (Å²) in [6.07, 6.45) is 7.70. The Kier molecular flexibility index (Phi) is 21.5. The Bertz CT molecular complexity index is 2210. The SMILES string of the molecule is [C-]#[N+]C(C(=O)OCC)=C1Sc2c(OC(=O)C3CCC(OC(=O)C4CCN(C(=O)OCCCC)CC4)CC3)ccc(OC(=O)C3CCC(OC(=O)C4CCN(C(=O)OCCCCOC(=O)C=C)CC4)CC3)c2S1. The number of ether oxygens (including phenoxy) is 8. The van der Waals surface area contributed by atoms with Crippen LogP contribution in [0.5, 0.6) is 11.5 Å². The van der Waals surface area contributed by atoms with Crippen molar-refractivity contribution in [2.75, 3.05) is 52.6 Å². The highest BCUT2D eigenvalue weighted by atomic mass is 32.2. The lowest BCUT2D eigenvalue weighted by Crippen LogP contribution is -2.41. The third kappa shape index (κ3) is 15.6. The number of piperidine rings is 2. The molecule has 5 aliphatic rings. The first-order valence-electron chi connectivity index (χ1n) is 25.1. The Morgan fingerprint density at radius 3 is 1.42 bits per heavy atom. The third-order valence-electron chi connectivity index (χ3n) is 13.3. The molecule has 0 aromatic heterocycles. The van der Waals surface area contributed by atoms with Crippen LogP contribution in [-0.4, -0.2) is 123 Å². The van der Waals surface area contributed by atoms with Crippen molar-refractivity contribution >= 4 is 71.5 Å². The second-order valence-electron chi connectivity index (χ2n) is 18.2. The van der Waals surface area contributed by atoms with Crippen LogP contribution in [0, 0.1) is 30.2 Å². The van der Waals surface area contributed by atoms with Gasteiger partial charge in [-0.2, -0.15) is 0 Å². The van der Waals surface area contributed by atoms with Crippen LogP contribution < -0.4 is 9.47 Å². The van der Waals surface area contributed by atoms with Gasteiger partial charge in [0.15, 0.2) is 0 Å². The second kappa shape index (κ2) is 27.9. The number of amides is 2. The van der Waals surface area contributed by atoms with Crippen molar-refractivity contribution in [3.63, 3.8) is 0 Å². The van der Waals surface area contributed by atoms with E-state index in [0.717, 1.165) is 42.4 Å². The van der Waals surface area contributed by atoms with E-state index in [1.54, 1.807) is 16.7 Å². The average molecular weight is 1040 g/mol. The zero-order chi connectivity index (χ0) is 51.6. The van der Waals surface area contributed by atoms with Crippen molar-refractivity contribution in [1.29, 1.82) is 0 Å². The highest BCUT2D eigenvalue weighted by Gasteiger charge is 2.38. The number of fused-ring (bicyclic) bond motifs is 1. The number of esters is 6. The summed E-state index contributed by atoms with van der Waals surface area (Å²) in [4.78, 5) is 110. The maximum absolute atomic E-state index is 13.7. The molecule has 2 aliphatic carbocycles. The molecular weight excluding hydrogens is 975 g/mol. The van der Waals surface area contributed by atoms with Crippen LogP contribution in [0.25, 0.3) is 4.85 Å². The Balaban J connectivity index is 0.970. The summed E-state index contributed by atoms with van der Waals surface area (Å²) in [6, 6.07) is 3.05. The van der Waals surface area contributed by atoms with E-state index in [2.05, 4.69) is 11.4 Å². The standard InChI is InChI=1S/C51H65N3O16S2/c1-5-8-29-65-50(61)53-25-21-34(22-26-53)44(56)67-36-15-11-32(12-16-36)46(58)69-38-19-20-39(43-42(38)71-49(72-43)41(52-4)48(60)63-7-3)70-47(59)33-13-17-37(18-14-33)68-45(57)35-23-27-54(28-24-35)51(62)66-31-10-9-30-64-40(55)6-2/h6,19-20,32-37H,2,5,7-18,21-31H2,1,3H3. The molecule has 392 valence electrons. The summed E-state index contributed by atoms with van der Waals surface area (Å²) in [7, 11) is 0. The van der Waals surface area contributed by atoms with E-state index < -0.39 is 41.8 Å². The fourth-order valence-electron chi connectivity index (χ4n) is 8.97. The molecule has 19 nitrogen and oxygen atoms in total. The van der Waals surface area contributed by atoms with Gasteiger partial charge in [0.2, 0.25) is 0 Å². The summed E-state index contributed by atoms with van der Waals surface area (Å²) < 4.78 is 44.7. The minimum absolute atomic E-state index is 0.0536. The van der Waals surface area contributed by atoms with Gasteiger partial charge in [0.25, 0.3) is 5.70 Å². The van der Waals surface area contributed by atoms with Gasteiger partial charge in [-0.3, -0.25) is 24.0 Å². The minimum Gasteiger partial charge on any atom is -0.471 e. The van der Waals surface area contributed by atoms with Crippen molar-refractivity contribution in [1.82, 2.24) is 9.80 Å². The fraction of sp³-hybridized carbons (Fsp3) is 0.627. The average Bonchev–Trinajstić information content (AvgIpc) is 3.84. The normalized spacial score (nSPS) is 22.0. The summed E-state index contributed by atoms with van der Waals surface area (Å²) >= 11 is 2.10. The zero-order valence-electron chi connectivity index (χ0n) is 41.1. The van der Waals surface area contributed by atoms with Gasteiger partial charge in [0.05, 0.1) is 70.7 Å². The number of benzene rings is 1. The molecule has 0 spiro atoms. The number of hydrogen-bond donors (Lipinski definition) is 0. The van der Waals surface area contributed by atoms with Crippen molar-refractivity contribution < 1.29 is 76.3 Å². The van der Waals surface area contributed by atoms with Crippen molar-refractivity contribution in [2.45, 2.75) is 139 Å². The molecular formula is C51H65N3O16S2. The van der Waals surface area contributed by atoms with Gasteiger partial charge in [-0.1, -0.05) is 43.4 Å². The quantitative estimate of drug-likeness (QED) is 0.0316. The van der Waals surface area contributed by atoms with Gasteiger partial charge in [-0.25, -0.2) is 19.2 Å². The molecule has 2 amide bonds. The Labute approximate surface area is 428 Å². The van der Waals surface area contributed by atoms with E-state index in [4.69, 9.17) is 44.5 Å². The first-order chi connectivity index (χ1) is 34.8. The van der Waals surface area contributed by atoms with E-state index in [9.17, 15) is 38.4 Å². The molecule has 0 N–H and O–H groups in total.